The first kappa shape index (κ1) is 16.5. The lowest BCUT2D eigenvalue weighted by Gasteiger charge is -2.34. The third kappa shape index (κ3) is 4.29. The summed E-state index contributed by atoms with van der Waals surface area (Å²) in [6, 6.07) is 7.53. The van der Waals surface area contributed by atoms with Gasteiger partial charge in [-0.3, -0.25) is 14.5 Å². The van der Waals surface area contributed by atoms with Crippen molar-refractivity contribution in [2.24, 2.45) is 0 Å². The summed E-state index contributed by atoms with van der Waals surface area (Å²) in [7, 11) is 1.74. The molecule has 1 unspecified atom stereocenters. The summed E-state index contributed by atoms with van der Waals surface area (Å²) < 4.78 is 5.65. The number of morpholine rings is 1. The van der Waals surface area contributed by atoms with Gasteiger partial charge in [0.25, 0.3) is 5.91 Å². The number of ether oxygens (including phenoxy) is 1. The average Bonchev–Trinajstić information content (AvgIpc) is 2.46. The molecule has 1 heterocycles. The number of benzene rings is 1. The van der Waals surface area contributed by atoms with Gasteiger partial charge in [0.05, 0.1) is 19.3 Å². The normalized spacial score (nSPS) is 18.5. The van der Waals surface area contributed by atoms with Gasteiger partial charge in [-0.05, 0) is 25.6 Å². The van der Waals surface area contributed by atoms with E-state index in [1.807, 2.05) is 31.2 Å². The van der Waals surface area contributed by atoms with Crippen molar-refractivity contribution in [3.8, 4) is 0 Å². The minimum atomic E-state index is -0.869. The zero-order chi connectivity index (χ0) is 16.1. The summed E-state index contributed by atoms with van der Waals surface area (Å²) in [5, 5.41) is 8.79. The smallest absolute Gasteiger partial charge is 0.317 e. The van der Waals surface area contributed by atoms with Crippen LogP contribution in [-0.4, -0.2) is 72.7 Å². The standard InChI is InChI=1S/C16H22N2O4/c1-12-5-3-4-6-14(12)16(21)18-7-8-22-13(10-18)9-17(2)11-15(19)20/h3-6,13H,7-11H2,1-2H3,(H,19,20). The molecule has 1 N–H and O–H groups in total. The fourth-order valence-corrected chi connectivity index (χ4v) is 2.64. The number of amides is 1. The number of hydrogen-bond donors (Lipinski definition) is 1. The number of carboxylic acid groups (broad SMARTS) is 1. The van der Waals surface area contributed by atoms with Crippen LogP contribution in [0.1, 0.15) is 15.9 Å². The third-order valence-electron chi connectivity index (χ3n) is 3.72. The van der Waals surface area contributed by atoms with Gasteiger partial charge in [0, 0.05) is 25.2 Å². The highest BCUT2D eigenvalue weighted by Crippen LogP contribution is 2.14. The van der Waals surface area contributed by atoms with Crippen LogP contribution in [0.15, 0.2) is 24.3 Å². The van der Waals surface area contributed by atoms with Crippen molar-refractivity contribution < 1.29 is 19.4 Å². The molecule has 0 spiro atoms. The molecule has 6 heteroatoms. The lowest BCUT2D eigenvalue weighted by atomic mass is 10.1. The van der Waals surface area contributed by atoms with Gasteiger partial charge < -0.3 is 14.7 Å². The van der Waals surface area contributed by atoms with Crippen molar-refractivity contribution >= 4 is 11.9 Å². The first-order valence-electron chi connectivity index (χ1n) is 7.34. The molecule has 1 aliphatic heterocycles. The Morgan fingerprint density at radius 1 is 1.41 bits per heavy atom. The maximum atomic E-state index is 12.6. The highest BCUT2D eigenvalue weighted by Gasteiger charge is 2.26. The molecule has 0 radical (unpaired) electrons. The summed E-state index contributed by atoms with van der Waals surface area (Å²) in [6.07, 6.45) is -0.161. The molecule has 0 bridgehead atoms. The molecule has 1 fully saturated rings. The molecule has 1 saturated heterocycles. The summed E-state index contributed by atoms with van der Waals surface area (Å²) in [5.74, 6) is -0.863. The molecule has 22 heavy (non-hydrogen) atoms. The fraction of sp³-hybridized carbons (Fsp3) is 0.500. The van der Waals surface area contributed by atoms with Gasteiger partial charge in [-0.15, -0.1) is 0 Å². The summed E-state index contributed by atoms with van der Waals surface area (Å²) >= 11 is 0. The number of carboxylic acids is 1. The van der Waals surface area contributed by atoms with Crippen LogP contribution < -0.4 is 0 Å². The Bertz CT molecular complexity index is 547. The Kier molecular flexibility index (Phi) is 5.51. The number of aryl methyl sites for hydroxylation is 1. The van der Waals surface area contributed by atoms with Crippen molar-refractivity contribution in [3.05, 3.63) is 35.4 Å². The molecule has 120 valence electrons. The molecule has 0 aromatic heterocycles. The van der Waals surface area contributed by atoms with Crippen LogP contribution in [0, 0.1) is 6.92 Å². The molecule has 6 nitrogen and oxygen atoms in total. The van der Waals surface area contributed by atoms with E-state index in [0.717, 1.165) is 5.56 Å². The van der Waals surface area contributed by atoms with Gasteiger partial charge in [0.15, 0.2) is 0 Å². The topological polar surface area (TPSA) is 70.1 Å². The van der Waals surface area contributed by atoms with Crippen molar-refractivity contribution in [2.75, 3.05) is 39.8 Å². The molecule has 2 rings (SSSR count). The van der Waals surface area contributed by atoms with E-state index in [1.54, 1.807) is 16.8 Å². The van der Waals surface area contributed by atoms with Crippen LogP contribution in [0.3, 0.4) is 0 Å². The molecule has 1 amide bonds. The highest BCUT2D eigenvalue weighted by molar-refractivity contribution is 5.95. The Morgan fingerprint density at radius 3 is 2.82 bits per heavy atom. The van der Waals surface area contributed by atoms with E-state index in [9.17, 15) is 9.59 Å². The molecule has 0 aliphatic carbocycles. The minimum Gasteiger partial charge on any atom is -0.480 e. The van der Waals surface area contributed by atoms with Gasteiger partial charge in [-0.2, -0.15) is 0 Å². The lowest BCUT2D eigenvalue weighted by molar-refractivity contribution is -0.138. The summed E-state index contributed by atoms with van der Waals surface area (Å²) in [5.41, 5.74) is 1.67. The minimum absolute atomic E-state index is 0.00675. The van der Waals surface area contributed by atoms with Crippen molar-refractivity contribution in [1.29, 1.82) is 0 Å². The van der Waals surface area contributed by atoms with Gasteiger partial charge in [-0.25, -0.2) is 0 Å². The van der Waals surface area contributed by atoms with Crippen LogP contribution in [0.5, 0.6) is 0 Å². The first-order valence-corrected chi connectivity index (χ1v) is 7.34. The SMILES string of the molecule is Cc1ccccc1C(=O)N1CCOC(CN(C)CC(=O)O)C1. The predicted molar refractivity (Wildman–Crippen MR) is 82.0 cm³/mol. The quantitative estimate of drug-likeness (QED) is 0.873. The van der Waals surface area contributed by atoms with Gasteiger partial charge in [-0.1, -0.05) is 18.2 Å². The maximum absolute atomic E-state index is 12.6. The maximum Gasteiger partial charge on any atom is 0.317 e. The van der Waals surface area contributed by atoms with Crippen LogP contribution in [0.2, 0.25) is 0 Å². The average molecular weight is 306 g/mol. The van der Waals surface area contributed by atoms with Crippen molar-refractivity contribution in [2.45, 2.75) is 13.0 Å². The Balaban J connectivity index is 1.97. The van der Waals surface area contributed by atoms with E-state index in [1.165, 1.54) is 0 Å². The molecule has 1 aromatic carbocycles. The van der Waals surface area contributed by atoms with E-state index < -0.39 is 5.97 Å². The Labute approximate surface area is 130 Å². The van der Waals surface area contributed by atoms with Gasteiger partial charge >= 0.3 is 5.97 Å². The van der Waals surface area contributed by atoms with Gasteiger partial charge in [0.1, 0.15) is 0 Å². The molecule has 1 atom stereocenters. The second kappa shape index (κ2) is 7.38. The number of carbonyl (C=O) groups is 2. The third-order valence-corrected chi connectivity index (χ3v) is 3.72. The lowest BCUT2D eigenvalue weighted by Crippen LogP contribution is -2.49. The number of nitrogens with zero attached hydrogens (tertiary/aromatic N) is 2. The van der Waals surface area contributed by atoms with Crippen LogP contribution >= 0.6 is 0 Å². The first-order chi connectivity index (χ1) is 10.5. The summed E-state index contributed by atoms with van der Waals surface area (Å²) in [6.45, 7) is 3.90. The Hall–Kier alpha value is -1.92. The van der Waals surface area contributed by atoms with E-state index in [0.29, 0.717) is 31.8 Å². The van der Waals surface area contributed by atoms with Crippen molar-refractivity contribution in [1.82, 2.24) is 9.80 Å². The largest absolute Gasteiger partial charge is 0.480 e. The second-order valence-electron chi connectivity index (χ2n) is 5.65. The zero-order valence-electron chi connectivity index (χ0n) is 13.0. The number of carbonyl (C=O) groups excluding carboxylic acids is 1. The van der Waals surface area contributed by atoms with E-state index in [2.05, 4.69) is 0 Å². The number of likely N-dealkylation sites (N-methyl/N-ethyl adjacent to an activating group) is 1. The highest BCUT2D eigenvalue weighted by atomic mass is 16.5. The monoisotopic (exact) mass is 306 g/mol. The predicted octanol–water partition coefficient (Wildman–Crippen LogP) is 0.852. The van der Waals surface area contributed by atoms with Gasteiger partial charge in [0.2, 0.25) is 0 Å². The van der Waals surface area contributed by atoms with Crippen LogP contribution in [-0.2, 0) is 9.53 Å². The molecule has 1 aliphatic rings. The van der Waals surface area contributed by atoms with Crippen molar-refractivity contribution in [3.63, 3.8) is 0 Å². The molecule has 0 saturated carbocycles. The molecular weight excluding hydrogens is 284 g/mol. The van der Waals surface area contributed by atoms with E-state index in [4.69, 9.17) is 9.84 Å². The number of rotatable bonds is 5. The Morgan fingerprint density at radius 2 is 2.14 bits per heavy atom. The molecular formula is C16H22N2O4. The fourth-order valence-electron chi connectivity index (χ4n) is 2.64. The van der Waals surface area contributed by atoms with Crippen LogP contribution in [0.25, 0.3) is 0 Å². The zero-order valence-corrected chi connectivity index (χ0v) is 13.0. The summed E-state index contributed by atoms with van der Waals surface area (Å²) in [4.78, 5) is 26.8. The van der Waals surface area contributed by atoms with E-state index in [-0.39, 0.29) is 18.6 Å². The number of aliphatic carboxylic acids is 1. The number of hydrogen-bond acceptors (Lipinski definition) is 4. The second-order valence-corrected chi connectivity index (χ2v) is 5.65. The van der Waals surface area contributed by atoms with E-state index >= 15 is 0 Å². The van der Waals surface area contributed by atoms with Crippen LogP contribution in [0.4, 0.5) is 0 Å². The molecule has 1 aromatic rings.